The third-order valence-corrected chi connectivity index (χ3v) is 4.19. The summed E-state index contributed by atoms with van der Waals surface area (Å²) in [6, 6.07) is 2.78. The molecule has 0 bridgehead atoms. The highest BCUT2D eigenvalue weighted by atomic mass is 19.4. The SMILES string of the molecule is CCCC1CC(=O)N(Cc2c(C(F)(F)F)nc3ccc(N)nn23)C1. The highest BCUT2D eigenvalue weighted by molar-refractivity contribution is 5.78. The van der Waals surface area contributed by atoms with Crippen LogP contribution >= 0.6 is 0 Å². The molecular weight excluding hydrogens is 323 g/mol. The van der Waals surface area contributed by atoms with Crippen molar-refractivity contribution in [2.24, 2.45) is 5.92 Å². The number of amides is 1. The molecule has 1 amide bonds. The van der Waals surface area contributed by atoms with E-state index in [9.17, 15) is 18.0 Å². The molecular formula is C15H18F3N5O. The smallest absolute Gasteiger partial charge is 0.382 e. The zero-order valence-electron chi connectivity index (χ0n) is 13.2. The highest BCUT2D eigenvalue weighted by Gasteiger charge is 2.40. The monoisotopic (exact) mass is 341 g/mol. The van der Waals surface area contributed by atoms with E-state index in [0.717, 1.165) is 17.4 Å². The quantitative estimate of drug-likeness (QED) is 0.927. The van der Waals surface area contributed by atoms with Crippen molar-refractivity contribution in [2.45, 2.75) is 38.9 Å². The van der Waals surface area contributed by atoms with Crippen LogP contribution in [0.25, 0.3) is 5.65 Å². The second-order valence-electron chi connectivity index (χ2n) is 6.07. The summed E-state index contributed by atoms with van der Waals surface area (Å²) < 4.78 is 41.0. The molecule has 1 fully saturated rings. The van der Waals surface area contributed by atoms with Crippen molar-refractivity contribution in [3.63, 3.8) is 0 Å². The maximum Gasteiger partial charge on any atom is 0.435 e. The first-order valence-corrected chi connectivity index (χ1v) is 7.78. The number of alkyl halides is 3. The Morgan fingerprint density at radius 2 is 2.12 bits per heavy atom. The molecule has 1 aliphatic heterocycles. The molecule has 0 aliphatic carbocycles. The molecule has 0 radical (unpaired) electrons. The molecule has 0 spiro atoms. The number of carbonyl (C=O) groups is 1. The molecule has 130 valence electrons. The number of imidazole rings is 1. The average molecular weight is 341 g/mol. The topological polar surface area (TPSA) is 76.5 Å². The molecule has 24 heavy (non-hydrogen) atoms. The van der Waals surface area contributed by atoms with Gasteiger partial charge in [0.1, 0.15) is 5.82 Å². The zero-order valence-corrected chi connectivity index (χ0v) is 13.2. The Kier molecular flexibility index (Phi) is 4.10. The second kappa shape index (κ2) is 5.95. The Morgan fingerprint density at radius 3 is 2.79 bits per heavy atom. The van der Waals surface area contributed by atoms with Gasteiger partial charge in [0.05, 0.1) is 12.2 Å². The van der Waals surface area contributed by atoms with Crippen molar-refractivity contribution in [2.75, 3.05) is 12.3 Å². The highest BCUT2D eigenvalue weighted by Crippen LogP contribution is 2.33. The predicted octanol–water partition coefficient (Wildman–Crippen LogP) is 2.48. The molecule has 1 saturated heterocycles. The summed E-state index contributed by atoms with van der Waals surface area (Å²) in [5, 5.41) is 3.93. The molecule has 2 aromatic heterocycles. The van der Waals surface area contributed by atoms with Gasteiger partial charge in [-0.05, 0) is 24.5 Å². The first-order chi connectivity index (χ1) is 11.3. The second-order valence-corrected chi connectivity index (χ2v) is 6.07. The van der Waals surface area contributed by atoms with Crippen LogP contribution < -0.4 is 5.73 Å². The Balaban J connectivity index is 1.98. The molecule has 3 rings (SSSR count). The van der Waals surface area contributed by atoms with Crippen molar-refractivity contribution < 1.29 is 18.0 Å². The standard InChI is InChI=1S/C15H18F3N5O/c1-2-3-9-6-13(24)22(7-9)8-10-14(15(16,17)18)20-12-5-4-11(19)21-23(10)12/h4-5,9H,2-3,6-8H2,1H3,(H2,19,21). The summed E-state index contributed by atoms with van der Waals surface area (Å²) in [6.45, 7) is 2.30. The number of hydrogen-bond acceptors (Lipinski definition) is 4. The van der Waals surface area contributed by atoms with Crippen LogP contribution in [0.15, 0.2) is 12.1 Å². The number of likely N-dealkylation sites (tertiary alicyclic amines) is 1. The molecule has 1 aliphatic rings. The van der Waals surface area contributed by atoms with E-state index in [2.05, 4.69) is 10.1 Å². The average Bonchev–Trinajstić information content (AvgIpc) is 3.01. The van der Waals surface area contributed by atoms with Crippen LogP contribution in [0.2, 0.25) is 0 Å². The van der Waals surface area contributed by atoms with Gasteiger partial charge < -0.3 is 10.6 Å². The van der Waals surface area contributed by atoms with Gasteiger partial charge in [0.15, 0.2) is 11.3 Å². The van der Waals surface area contributed by atoms with Crippen molar-refractivity contribution in [1.82, 2.24) is 19.5 Å². The number of nitrogen functional groups attached to an aromatic ring is 1. The van der Waals surface area contributed by atoms with Gasteiger partial charge in [-0.2, -0.15) is 13.2 Å². The lowest BCUT2D eigenvalue weighted by molar-refractivity contribution is -0.142. The number of anilines is 1. The summed E-state index contributed by atoms with van der Waals surface area (Å²) in [6.07, 6.45) is -2.43. The van der Waals surface area contributed by atoms with Crippen LogP contribution in [0.1, 0.15) is 37.6 Å². The normalized spacial score (nSPS) is 18.8. The van der Waals surface area contributed by atoms with Crippen LogP contribution in [0.4, 0.5) is 19.0 Å². The Hall–Kier alpha value is -2.32. The number of aromatic nitrogens is 3. The molecule has 1 atom stereocenters. The Bertz CT molecular complexity index is 770. The van der Waals surface area contributed by atoms with E-state index in [1.807, 2.05) is 6.92 Å². The van der Waals surface area contributed by atoms with Crippen LogP contribution in [0.5, 0.6) is 0 Å². The van der Waals surface area contributed by atoms with Gasteiger partial charge in [0, 0.05) is 13.0 Å². The minimum absolute atomic E-state index is 0.0586. The van der Waals surface area contributed by atoms with Crippen molar-refractivity contribution >= 4 is 17.4 Å². The van der Waals surface area contributed by atoms with E-state index in [1.165, 1.54) is 17.0 Å². The predicted molar refractivity (Wildman–Crippen MR) is 80.8 cm³/mol. The molecule has 2 aromatic rings. The summed E-state index contributed by atoms with van der Waals surface area (Å²) in [7, 11) is 0. The first kappa shape index (κ1) is 16.5. The van der Waals surface area contributed by atoms with Crippen LogP contribution in [0, 0.1) is 5.92 Å². The van der Waals surface area contributed by atoms with Gasteiger partial charge in [0.2, 0.25) is 5.91 Å². The van der Waals surface area contributed by atoms with Gasteiger partial charge in [-0.25, -0.2) is 9.50 Å². The van der Waals surface area contributed by atoms with Crippen molar-refractivity contribution in [3.05, 3.63) is 23.5 Å². The van der Waals surface area contributed by atoms with Crippen LogP contribution in [-0.4, -0.2) is 31.9 Å². The van der Waals surface area contributed by atoms with E-state index >= 15 is 0 Å². The lowest BCUT2D eigenvalue weighted by atomic mass is 10.0. The lowest BCUT2D eigenvalue weighted by Crippen LogP contribution is -2.27. The van der Waals surface area contributed by atoms with Crippen molar-refractivity contribution in [3.8, 4) is 0 Å². The molecule has 2 N–H and O–H groups in total. The maximum atomic E-state index is 13.3. The zero-order chi connectivity index (χ0) is 17.5. The van der Waals surface area contributed by atoms with E-state index in [4.69, 9.17) is 5.73 Å². The van der Waals surface area contributed by atoms with Crippen molar-refractivity contribution in [1.29, 1.82) is 0 Å². The van der Waals surface area contributed by atoms with Gasteiger partial charge in [-0.3, -0.25) is 4.79 Å². The number of carbonyl (C=O) groups excluding carboxylic acids is 1. The summed E-state index contributed by atoms with van der Waals surface area (Å²) in [5.41, 5.74) is 4.47. The van der Waals surface area contributed by atoms with Crippen LogP contribution in [-0.2, 0) is 17.5 Å². The fraction of sp³-hybridized carbons (Fsp3) is 0.533. The van der Waals surface area contributed by atoms with Gasteiger partial charge in [-0.1, -0.05) is 13.3 Å². The fourth-order valence-electron chi connectivity index (χ4n) is 3.15. The fourth-order valence-corrected chi connectivity index (χ4v) is 3.15. The Labute approximate surface area is 136 Å². The number of nitrogens with zero attached hydrogens (tertiary/aromatic N) is 4. The van der Waals surface area contributed by atoms with Crippen LogP contribution in [0.3, 0.4) is 0 Å². The minimum Gasteiger partial charge on any atom is -0.382 e. The first-order valence-electron chi connectivity index (χ1n) is 7.78. The minimum atomic E-state index is -4.62. The summed E-state index contributed by atoms with van der Waals surface area (Å²) in [4.78, 5) is 17.2. The number of nitrogens with two attached hydrogens (primary N) is 1. The molecule has 0 aromatic carbocycles. The summed E-state index contributed by atoms with van der Waals surface area (Å²) in [5.74, 6) is 0.140. The molecule has 9 heteroatoms. The molecule has 3 heterocycles. The Morgan fingerprint density at radius 1 is 1.38 bits per heavy atom. The third kappa shape index (κ3) is 3.02. The number of hydrogen-bond donors (Lipinski definition) is 1. The molecule has 6 nitrogen and oxygen atoms in total. The van der Waals surface area contributed by atoms with E-state index < -0.39 is 11.9 Å². The van der Waals surface area contributed by atoms with Gasteiger partial charge >= 0.3 is 6.18 Å². The lowest BCUT2D eigenvalue weighted by Gasteiger charge is -2.17. The van der Waals surface area contributed by atoms with E-state index in [1.54, 1.807) is 0 Å². The number of fused-ring (bicyclic) bond motifs is 1. The molecule has 0 saturated carbocycles. The summed E-state index contributed by atoms with van der Waals surface area (Å²) >= 11 is 0. The van der Waals surface area contributed by atoms with Gasteiger partial charge in [-0.15, -0.1) is 5.10 Å². The van der Waals surface area contributed by atoms with E-state index in [0.29, 0.717) is 13.0 Å². The number of rotatable bonds is 4. The third-order valence-electron chi connectivity index (χ3n) is 4.19. The van der Waals surface area contributed by atoms with E-state index in [-0.39, 0.29) is 35.5 Å². The molecule has 1 unspecified atom stereocenters. The van der Waals surface area contributed by atoms with Gasteiger partial charge in [0.25, 0.3) is 0 Å². The largest absolute Gasteiger partial charge is 0.435 e. The maximum absolute atomic E-state index is 13.3. The number of halogens is 3.